The van der Waals surface area contributed by atoms with Crippen LogP contribution in [0.15, 0.2) is 52.6 Å². The van der Waals surface area contributed by atoms with Crippen LogP contribution in [0.2, 0.25) is 5.02 Å². The smallest absolute Gasteiger partial charge is 0.290 e. The number of thiophene rings is 1. The minimum absolute atomic E-state index is 0.181. The van der Waals surface area contributed by atoms with Crippen molar-refractivity contribution in [1.82, 2.24) is 9.78 Å². The molecular weight excluding hydrogens is 306 g/mol. The Balaban J connectivity index is 2.06. The highest BCUT2D eigenvalue weighted by Crippen LogP contribution is 2.23. The molecule has 0 aliphatic rings. The molecule has 2 aromatic heterocycles. The third kappa shape index (κ3) is 2.84. The number of nitrogen functional groups attached to an aromatic ring is 1. The summed E-state index contributed by atoms with van der Waals surface area (Å²) < 4.78 is 1.35. The van der Waals surface area contributed by atoms with Gasteiger partial charge in [-0.3, -0.25) is 4.79 Å². The van der Waals surface area contributed by atoms with Gasteiger partial charge in [-0.05, 0) is 29.1 Å². The molecule has 4 nitrogen and oxygen atoms in total. The standard InChI is InChI=1S/C15H12ClN3OS/c16-11-5-2-1-4-10(11)9-19-15(20)12(17)8-13(18-19)14-6-3-7-21-14/h1-8H,9,17H2. The number of rotatable bonds is 3. The monoisotopic (exact) mass is 317 g/mol. The molecule has 0 saturated carbocycles. The Morgan fingerprint density at radius 2 is 2.05 bits per heavy atom. The highest BCUT2D eigenvalue weighted by Gasteiger charge is 2.10. The van der Waals surface area contributed by atoms with Gasteiger partial charge < -0.3 is 5.73 Å². The first-order valence-electron chi connectivity index (χ1n) is 6.30. The Morgan fingerprint density at radius 3 is 2.76 bits per heavy atom. The predicted octanol–water partition coefficient (Wildman–Crippen LogP) is 3.26. The Morgan fingerprint density at radius 1 is 1.24 bits per heavy atom. The Bertz CT molecular complexity index is 827. The van der Waals surface area contributed by atoms with Crippen LogP contribution in [0.5, 0.6) is 0 Å². The van der Waals surface area contributed by atoms with E-state index in [1.54, 1.807) is 23.5 Å². The van der Waals surface area contributed by atoms with Crippen molar-refractivity contribution in [2.24, 2.45) is 0 Å². The van der Waals surface area contributed by atoms with E-state index in [2.05, 4.69) is 5.10 Å². The molecule has 0 aliphatic heterocycles. The van der Waals surface area contributed by atoms with Gasteiger partial charge in [0.1, 0.15) is 11.4 Å². The van der Waals surface area contributed by atoms with Crippen molar-refractivity contribution in [2.75, 3.05) is 5.73 Å². The molecule has 106 valence electrons. The van der Waals surface area contributed by atoms with Crippen molar-refractivity contribution >= 4 is 28.6 Å². The molecule has 0 radical (unpaired) electrons. The second-order valence-electron chi connectivity index (χ2n) is 4.52. The molecule has 3 aromatic rings. The summed E-state index contributed by atoms with van der Waals surface area (Å²) in [5, 5.41) is 6.95. The molecule has 0 fully saturated rings. The van der Waals surface area contributed by atoms with E-state index in [0.717, 1.165) is 10.4 Å². The van der Waals surface area contributed by atoms with Gasteiger partial charge in [-0.15, -0.1) is 11.3 Å². The van der Waals surface area contributed by atoms with Crippen LogP contribution >= 0.6 is 22.9 Å². The van der Waals surface area contributed by atoms with Gasteiger partial charge >= 0.3 is 0 Å². The first-order chi connectivity index (χ1) is 10.1. The maximum absolute atomic E-state index is 12.1. The minimum atomic E-state index is -0.310. The van der Waals surface area contributed by atoms with Crippen molar-refractivity contribution in [2.45, 2.75) is 6.54 Å². The third-order valence-electron chi connectivity index (χ3n) is 3.05. The first kappa shape index (κ1) is 13.9. The van der Waals surface area contributed by atoms with Crippen LogP contribution in [0.4, 0.5) is 5.69 Å². The number of hydrogen-bond acceptors (Lipinski definition) is 4. The zero-order valence-corrected chi connectivity index (χ0v) is 12.6. The van der Waals surface area contributed by atoms with Crippen molar-refractivity contribution in [3.05, 3.63) is 68.8 Å². The molecule has 0 spiro atoms. The predicted molar refractivity (Wildman–Crippen MR) is 86.8 cm³/mol. The molecule has 3 rings (SSSR count). The van der Waals surface area contributed by atoms with E-state index in [-0.39, 0.29) is 11.2 Å². The zero-order chi connectivity index (χ0) is 14.8. The van der Waals surface area contributed by atoms with Gasteiger partial charge in [-0.2, -0.15) is 5.10 Å². The van der Waals surface area contributed by atoms with Crippen LogP contribution in [-0.2, 0) is 6.54 Å². The Hall–Kier alpha value is -2.11. The highest BCUT2D eigenvalue weighted by molar-refractivity contribution is 7.13. The molecule has 2 N–H and O–H groups in total. The quantitative estimate of drug-likeness (QED) is 0.806. The Labute approximate surface area is 130 Å². The molecule has 0 amide bonds. The number of nitrogens with two attached hydrogens (primary N) is 1. The largest absolute Gasteiger partial charge is 0.394 e. The molecule has 0 aliphatic carbocycles. The second-order valence-corrected chi connectivity index (χ2v) is 5.87. The van der Waals surface area contributed by atoms with Gasteiger partial charge in [-0.1, -0.05) is 35.9 Å². The summed E-state index contributed by atoms with van der Waals surface area (Å²) in [7, 11) is 0. The van der Waals surface area contributed by atoms with E-state index in [4.69, 9.17) is 17.3 Å². The molecule has 21 heavy (non-hydrogen) atoms. The number of hydrogen-bond donors (Lipinski definition) is 1. The van der Waals surface area contributed by atoms with Crippen molar-refractivity contribution < 1.29 is 0 Å². The molecule has 0 bridgehead atoms. The summed E-state index contributed by atoms with van der Waals surface area (Å²) in [4.78, 5) is 13.1. The van der Waals surface area contributed by atoms with Gasteiger partial charge in [0.05, 0.1) is 11.4 Å². The van der Waals surface area contributed by atoms with Crippen molar-refractivity contribution in [3.63, 3.8) is 0 Å². The molecule has 0 saturated heterocycles. The van der Waals surface area contributed by atoms with E-state index in [1.807, 2.05) is 35.7 Å². The summed E-state index contributed by atoms with van der Waals surface area (Å²) in [6.07, 6.45) is 0. The van der Waals surface area contributed by atoms with E-state index in [9.17, 15) is 4.79 Å². The lowest BCUT2D eigenvalue weighted by Crippen LogP contribution is -2.26. The van der Waals surface area contributed by atoms with Gasteiger partial charge in [0.2, 0.25) is 0 Å². The summed E-state index contributed by atoms with van der Waals surface area (Å²) in [5.41, 5.74) is 7.21. The summed E-state index contributed by atoms with van der Waals surface area (Å²) in [6.45, 7) is 0.294. The lowest BCUT2D eigenvalue weighted by molar-refractivity contribution is 0.646. The van der Waals surface area contributed by atoms with Crippen LogP contribution in [0.1, 0.15) is 5.56 Å². The van der Waals surface area contributed by atoms with E-state index in [0.29, 0.717) is 17.3 Å². The minimum Gasteiger partial charge on any atom is -0.394 e. The summed E-state index contributed by atoms with van der Waals surface area (Å²) in [5.74, 6) is 0. The molecule has 0 unspecified atom stereocenters. The summed E-state index contributed by atoms with van der Waals surface area (Å²) >= 11 is 7.68. The fourth-order valence-electron chi connectivity index (χ4n) is 2.00. The van der Waals surface area contributed by atoms with E-state index < -0.39 is 0 Å². The van der Waals surface area contributed by atoms with Crippen LogP contribution in [0.25, 0.3) is 10.6 Å². The molecule has 1 aromatic carbocycles. The average Bonchev–Trinajstić information content (AvgIpc) is 3.00. The third-order valence-corrected chi connectivity index (χ3v) is 4.31. The molecule has 2 heterocycles. The molecular formula is C15H12ClN3OS. The van der Waals surface area contributed by atoms with Gasteiger partial charge in [0, 0.05) is 5.02 Å². The number of halogens is 1. The first-order valence-corrected chi connectivity index (χ1v) is 7.56. The number of aromatic nitrogens is 2. The van der Waals surface area contributed by atoms with E-state index in [1.165, 1.54) is 4.68 Å². The van der Waals surface area contributed by atoms with Crippen LogP contribution in [0.3, 0.4) is 0 Å². The molecule has 0 atom stereocenters. The summed E-state index contributed by atoms with van der Waals surface area (Å²) in [6, 6.07) is 12.9. The zero-order valence-electron chi connectivity index (χ0n) is 11.0. The van der Waals surface area contributed by atoms with Crippen LogP contribution in [0, 0.1) is 0 Å². The normalized spacial score (nSPS) is 10.7. The van der Waals surface area contributed by atoms with E-state index >= 15 is 0 Å². The number of nitrogens with zero attached hydrogens (tertiary/aromatic N) is 2. The van der Waals surface area contributed by atoms with Gasteiger partial charge in [0.25, 0.3) is 5.56 Å². The van der Waals surface area contributed by atoms with Crippen molar-refractivity contribution in [3.8, 4) is 10.6 Å². The van der Waals surface area contributed by atoms with Gasteiger partial charge in [0.15, 0.2) is 0 Å². The molecule has 6 heteroatoms. The maximum atomic E-state index is 12.1. The fourth-order valence-corrected chi connectivity index (χ4v) is 2.88. The fraction of sp³-hybridized carbons (Fsp3) is 0.0667. The maximum Gasteiger partial charge on any atom is 0.290 e. The topological polar surface area (TPSA) is 60.9 Å². The van der Waals surface area contributed by atoms with Crippen LogP contribution in [-0.4, -0.2) is 9.78 Å². The second kappa shape index (κ2) is 5.71. The SMILES string of the molecule is Nc1cc(-c2cccs2)nn(Cc2ccccc2Cl)c1=O. The number of benzene rings is 1. The lowest BCUT2D eigenvalue weighted by atomic mass is 10.2. The Kier molecular flexibility index (Phi) is 3.77. The van der Waals surface area contributed by atoms with Gasteiger partial charge in [-0.25, -0.2) is 4.68 Å². The number of anilines is 1. The lowest BCUT2D eigenvalue weighted by Gasteiger charge is -2.09. The average molecular weight is 318 g/mol. The highest BCUT2D eigenvalue weighted by atomic mass is 35.5. The van der Waals surface area contributed by atoms with Crippen LogP contribution < -0.4 is 11.3 Å². The van der Waals surface area contributed by atoms with Crippen molar-refractivity contribution in [1.29, 1.82) is 0 Å².